The lowest BCUT2D eigenvalue weighted by molar-refractivity contribution is 0.0999. The molecule has 2 aliphatic carbocycles. The topological polar surface area (TPSA) is 37.3 Å². The summed E-state index contributed by atoms with van der Waals surface area (Å²) >= 11 is 0. The van der Waals surface area contributed by atoms with Gasteiger partial charge in [0.2, 0.25) is 0 Å². The molecule has 0 aromatic heterocycles. The Labute approximate surface area is 107 Å². The van der Waals surface area contributed by atoms with E-state index >= 15 is 0 Å². The average molecular weight is 242 g/mol. The fourth-order valence-electron chi connectivity index (χ4n) is 3.10. The van der Waals surface area contributed by atoms with E-state index in [-0.39, 0.29) is 5.78 Å². The first-order valence-corrected chi connectivity index (χ1v) is 6.80. The monoisotopic (exact) mass is 242 g/mol. The zero-order valence-electron chi connectivity index (χ0n) is 10.7. The number of fused-ring (bicyclic) bond motifs is 1. The van der Waals surface area contributed by atoms with Gasteiger partial charge in [-0.2, -0.15) is 0 Å². The third-order valence-corrected chi connectivity index (χ3v) is 4.18. The Hall–Kier alpha value is -1.41. The van der Waals surface area contributed by atoms with Gasteiger partial charge in [-0.3, -0.25) is 4.79 Å². The number of allylic oxidation sites excluding steroid dienone is 1. The van der Waals surface area contributed by atoms with E-state index in [4.69, 9.17) is 0 Å². The van der Waals surface area contributed by atoms with Crippen molar-refractivity contribution in [2.24, 2.45) is 0 Å². The van der Waals surface area contributed by atoms with Crippen LogP contribution in [0.1, 0.15) is 60.2 Å². The molecule has 0 spiro atoms. The standard InChI is InChI=1S/C16H18O2/c1-2-10-7-8-13-14(9-10)16(18)12-6-4-3-5-11(12)15(13)17/h7-9,15,17H,2-6H2,1H3. The number of carbonyl (C=O) groups is 1. The molecule has 1 atom stereocenters. The molecule has 1 aromatic carbocycles. The van der Waals surface area contributed by atoms with Gasteiger partial charge in [0.1, 0.15) is 6.10 Å². The van der Waals surface area contributed by atoms with E-state index in [2.05, 4.69) is 6.92 Å². The van der Waals surface area contributed by atoms with Gasteiger partial charge in [-0.1, -0.05) is 19.1 Å². The van der Waals surface area contributed by atoms with Crippen molar-refractivity contribution in [2.45, 2.75) is 45.1 Å². The Balaban J connectivity index is 2.14. The normalized spacial score (nSPS) is 22.8. The minimum atomic E-state index is -0.557. The number of aliphatic hydroxyl groups excluding tert-OH is 1. The molecule has 94 valence electrons. The fraction of sp³-hybridized carbons (Fsp3) is 0.438. The predicted molar refractivity (Wildman–Crippen MR) is 70.6 cm³/mol. The van der Waals surface area contributed by atoms with Crippen LogP contribution in [0.2, 0.25) is 0 Å². The highest BCUT2D eigenvalue weighted by atomic mass is 16.3. The van der Waals surface area contributed by atoms with E-state index in [1.807, 2.05) is 18.2 Å². The third-order valence-electron chi connectivity index (χ3n) is 4.18. The van der Waals surface area contributed by atoms with Crippen LogP contribution in [-0.2, 0) is 6.42 Å². The summed E-state index contributed by atoms with van der Waals surface area (Å²) in [6.07, 6.45) is 4.23. The second kappa shape index (κ2) is 4.36. The summed E-state index contributed by atoms with van der Waals surface area (Å²) in [6.45, 7) is 2.08. The molecule has 0 aliphatic heterocycles. The molecule has 1 N–H and O–H groups in total. The summed E-state index contributed by atoms with van der Waals surface area (Å²) in [5, 5.41) is 10.4. The van der Waals surface area contributed by atoms with E-state index in [1.54, 1.807) is 0 Å². The molecule has 18 heavy (non-hydrogen) atoms. The number of hydrogen-bond donors (Lipinski definition) is 1. The molecule has 1 unspecified atom stereocenters. The smallest absolute Gasteiger partial charge is 0.189 e. The average Bonchev–Trinajstić information content (AvgIpc) is 2.44. The quantitative estimate of drug-likeness (QED) is 0.820. The van der Waals surface area contributed by atoms with Gasteiger partial charge in [0.15, 0.2) is 5.78 Å². The summed E-state index contributed by atoms with van der Waals surface area (Å²) in [5.74, 6) is 0.153. The van der Waals surface area contributed by atoms with Crippen LogP contribution in [0.3, 0.4) is 0 Å². The molecule has 2 aliphatic rings. The fourth-order valence-corrected chi connectivity index (χ4v) is 3.10. The van der Waals surface area contributed by atoms with E-state index < -0.39 is 6.10 Å². The SMILES string of the molecule is CCc1ccc2c(c1)C(=O)C1=C(CCCC1)C2O. The van der Waals surface area contributed by atoms with Gasteiger partial charge in [0.25, 0.3) is 0 Å². The van der Waals surface area contributed by atoms with Crippen LogP contribution in [0.25, 0.3) is 0 Å². The Morgan fingerprint density at radius 1 is 1.28 bits per heavy atom. The number of hydrogen-bond acceptors (Lipinski definition) is 2. The zero-order valence-corrected chi connectivity index (χ0v) is 10.7. The number of benzene rings is 1. The highest BCUT2D eigenvalue weighted by Gasteiger charge is 2.33. The Morgan fingerprint density at radius 2 is 2.06 bits per heavy atom. The van der Waals surface area contributed by atoms with E-state index in [1.165, 1.54) is 0 Å². The van der Waals surface area contributed by atoms with Crippen molar-refractivity contribution in [2.75, 3.05) is 0 Å². The van der Waals surface area contributed by atoms with Crippen molar-refractivity contribution < 1.29 is 9.90 Å². The van der Waals surface area contributed by atoms with Crippen LogP contribution in [-0.4, -0.2) is 10.9 Å². The second-order valence-corrected chi connectivity index (χ2v) is 5.22. The Morgan fingerprint density at radius 3 is 2.83 bits per heavy atom. The molecule has 0 fully saturated rings. The van der Waals surface area contributed by atoms with Crippen LogP contribution in [0.5, 0.6) is 0 Å². The van der Waals surface area contributed by atoms with Gasteiger partial charge in [-0.15, -0.1) is 0 Å². The van der Waals surface area contributed by atoms with Gasteiger partial charge >= 0.3 is 0 Å². The summed E-state index contributed by atoms with van der Waals surface area (Å²) < 4.78 is 0. The minimum absolute atomic E-state index is 0.153. The molecule has 2 heteroatoms. The molecule has 0 saturated carbocycles. The highest BCUT2D eigenvalue weighted by molar-refractivity contribution is 6.11. The number of rotatable bonds is 1. The molecule has 0 amide bonds. The Bertz CT molecular complexity index is 540. The summed E-state index contributed by atoms with van der Waals surface area (Å²) in [4.78, 5) is 12.5. The van der Waals surface area contributed by atoms with Gasteiger partial charge in [-0.05, 0) is 54.9 Å². The van der Waals surface area contributed by atoms with Crippen LogP contribution < -0.4 is 0 Å². The maximum Gasteiger partial charge on any atom is 0.189 e. The van der Waals surface area contributed by atoms with Crippen LogP contribution >= 0.6 is 0 Å². The summed E-state index contributed by atoms with van der Waals surface area (Å²) in [7, 11) is 0. The van der Waals surface area contributed by atoms with Crippen molar-refractivity contribution in [1.29, 1.82) is 0 Å². The first kappa shape index (κ1) is 11.7. The molecular formula is C16H18O2. The van der Waals surface area contributed by atoms with Crippen molar-refractivity contribution >= 4 is 5.78 Å². The predicted octanol–water partition coefficient (Wildman–Crippen LogP) is 3.35. The van der Waals surface area contributed by atoms with E-state index in [0.717, 1.165) is 59.9 Å². The first-order valence-electron chi connectivity index (χ1n) is 6.80. The van der Waals surface area contributed by atoms with Crippen molar-refractivity contribution in [1.82, 2.24) is 0 Å². The number of carbonyl (C=O) groups excluding carboxylic acids is 1. The zero-order chi connectivity index (χ0) is 12.7. The largest absolute Gasteiger partial charge is 0.384 e. The van der Waals surface area contributed by atoms with Gasteiger partial charge in [0, 0.05) is 11.1 Å². The number of aliphatic hydroxyl groups is 1. The molecule has 2 nitrogen and oxygen atoms in total. The lowest BCUT2D eigenvalue weighted by atomic mass is 9.76. The number of ketones is 1. The second-order valence-electron chi connectivity index (χ2n) is 5.22. The molecule has 3 rings (SSSR count). The highest BCUT2D eigenvalue weighted by Crippen LogP contribution is 2.41. The molecule has 0 radical (unpaired) electrons. The van der Waals surface area contributed by atoms with Crippen molar-refractivity contribution in [3.8, 4) is 0 Å². The van der Waals surface area contributed by atoms with Crippen LogP contribution in [0.15, 0.2) is 29.3 Å². The van der Waals surface area contributed by atoms with E-state index in [0.29, 0.717) is 0 Å². The number of aryl methyl sites for hydroxylation is 1. The van der Waals surface area contributed by atoms with E-state index in [9.17, 15) is 9.90 Å². The number of Topliss-reactive ketones (excluding diaryl/α,β-unsaturated/α-hetero) is 1. The summed E-state index contributed by atoms with van der Waals surface area (Å²) in [5.41, 5.74) is 4.55. The lowest BCUT2D eigenvalue weighted by Crippen LogP contribution is -2.23. The maximum atomic E-state index is 12.5. The van der Waals surface area contributed by atoms with Crippen molar-refractivity contribution in [3.05, 3.63) is 46.0 Å². The van der Waals surface area contributed by atoms with Crippen LogP contribution in [0.4, 0.5) is 0 Å². The van der Waals surface area contributed by atoms with Gasteiger partial charge in [0.05, 0.1) is 0 Å². The molecule has 1 aromatic rings. The minimum Gasteiger partial charge on any atom is -0.384 e. The lowest BCUT2D eigenvalue weighted by Gasteiger charge is -2.30. The molecule has 0 saturated heterocycles. The first-order chi connectivity index (χ1) is 8.72. The maximum absolute atomic E-state index is 12.5. The summed E-state index contributed by atoms with van der Waals surface area (Å²) in [6, 6.07) is 5.90. The van der Waals surface area contributed by atoms with Crippen LogP contribution in [0, 0.1) is 0 Å². The third kappa shape index (κ3) is 1.64. The Kier molecular flexibility index (Phi) is 2.83. The molecule has 0 bridgehead atoms. The molecule has 0 heterocycles. The van der Waals surface area contributed by atoms with Crippen molar-refractivity contribution in [3.63, 3.8) is 0 Å². The molecular weight excluding hydrogens is 224 g/mol. The van der Waals surface area contributed by atoms with Gasteiger partial charge in [-0.25, -0.2) is 0 Å². The van der Waals surface area contributed by atoms with Gasteiger partial charge < -0.3 is 5.11 Å².